The van der Waals surface area contributed by atoms with Crippen LogP contribution in [0.3, 0.4) is 0 Å². The van der Waals surface area contributed by atoms with Crippen LogP contribution in [0.2, 0.25) is 5.02 Å². The molecule has 0 radical (unpaired) electrons. The number of carbonyl (C=O) groups excluding carboxylic acids is 1. The van der Waals surface area contributed by atoms with Crippen molar-refractivity contribution in [3.05, 3.63) is 34.6 Å². The van der Waals surface area contributed by atoms with Gasteiger partial charge in [-0.3, -0.25) is 4.79 Å². The molecule has 0 saturated heterocycles. The molecule has 3 aliphatic rings. The van der Waals surface area contributed by atoms with E-state index in [1.807, 2.05) is 0 Å². The number of hydrogen-bond acceptors (Lipinski definition) is 1. The third kappa shape index (κ3) is 1.36. The fourth-order valence-electron chi connectivity index (χ4n) is 4.54. The fourth-order valence-corrected chi connectivity index (χ4v) is 4.75. The van der Waals surface area contributed by atoms with Crippen molar-refractivity contribution in [2.24, 2.45) is 29.6 Å². The van der Waals surface area contributed by atoms with Gasteiger partial charge in [0.15, 0.2) is 5.78 Å². The Labute approximate surface area is 110 Å². The highest BCUT2D eigenvalue weighted by molar-refractivity contribution is 6.34. The fraction of sp³-hybridized carbons (Fsp3) is 0.533. The summed E-state index contributed by atoms with van der Waals surface area (Å²) >= 11 is 6.02. The summed E-state index contributed by atoms with van der Waals surface area (Å²) in [6.45, 7) is 0. The van der Waals surface area contributed by atoms with Crippen molar-refractivity contribution in [1.82, 2.24) is 0 Å². The van der Waals surface area contributed by atoms with Gasteiger partial charge in [0.2, 0.25) is 0 Å². The summed E-state index contributed by atoms with van der Waals surface area (Å²) < 4.78 is 13.2. The van der Waals surface area contributed by atoms with Crippen molar-refractivity contribution in [2.45, 2.75) is 19.3 Å². The van der Waals surface area contributed by atoms with Crippen LogP contribution in [-0.2, 0) is 0 Å². The topological polar surface area (TPSA) is 17.1 Å². The number of carbonyl (C=O) groups is 1. The quantitative estimate of drug-likeness (QED) is 0.739. The molecule has 1 aromatic carbocycles. The van der Waals surface area contributed by atoms with Crippen LogP contribution in [0.1, 0.15) is 29.6 Å². The molecule has 3 aliphatic carbocycles. The number of fused-ring (bicyclic) bond motifs is 5. The lowest BCUT2D eigenvalue weighted by Gasteiger charge is -2.09. The minimum atomic E-state index is -0.378. The van der Waals surface area contributed by atoms with E-state index < -0.39 is 0 Å². The minimum Gasteiger partial charge on any atom is -0.294 e. The molecule has 4 rings (SSSR count). The van der Waals surface area contributed by atoms with Crippen LogP contribution in [0.5, 0.6) is 0 Å². The molecule has 3 heteroatoms. The standard InChI is InChI=1S/C15H14ClFO/c16-11-4-3-9(17)6-10(11)15(18)14-12-7-1-2-8(5-7)13(12)14/h3-4,6-8,12-14H,1-2,5H2. The van der Waals surface area contributed by atoms with E-state index in [1.165, 1.54) is 37.5 Å². The highest BCUT2D eigenvalue weighted by Crippen LogP contribution is 2.70. The lowest BCUT2D eigenvalue weighted by Crippen LogP contribution is -2.10. The molecule has 2 bridgehead atoms. The van der Waals surface area contributed by atoms with Crippen molar-refractivity contribution >= 4 is 17.4 Å². The molecule has 1 aromatic rings. The monoisotopic (exact) mass is 264 g/mol. The second-order valence-corrected chi connectivity index (χ2v) is 6.41. The Morgan fingerprint density at radius 1 is 1.22 bits per heavy atom. The summed E-state index contributed by atoms with van der Waals surface area (Å²) in [7, 11) is 0. The summed E-state index contributed by atoms with van der Waals surface area (Å²) in [6, 6.07) is 4.08. The van der Waals surface area contributed by atoms with Crippen LogP contribution >= 0.6 is 11.6 Å². The molecule has 0 amide bonds. The third-order valence-electron chi connectivity index (χ3n) is 5.23. The van der Waals surface area contributed by atoms with Gasteiger partial charge in [0.05, 0.1) is 5.02 Å². The number of Topliss-reactive ketones (excluding diaryl/α,β-unsaturated/α-hetero) is 1. The molecule has 3 saturated carbocycles. The zero-order valence-corrected chi connectivity index (χ0v) is 10.7. The Hall–Kier alpha value is -0.890. The number of halogens is 2. The highest BCUT2D eigenvalue weighted by atomic mass is 35.5. The number of rotatable bonds is 2. The van der Waals surface area contributed by atoms with Gasteiger partial charge in [-0.25, -0.2) is 4.39 Å². The molecule has 3 fully saturated rings. The summed E-state index contributed by atoms with van der Waals surface area (Å²) in [5.41, 5.74) is 0.385. The smallest absolute Gasteiger partial charge is 0.168 e. The minimum absolute atomic E-state index is 0.0751. The van der Waals surface area contributed by atoms with E-state index in [4.69, 9.17) is 11.6 Å². The molecule has 0 aliphatic heterocycles. The van der Waals surface area contributed by atoms with Gasteiger partial charge in [-0.15, -0.1) is 0 Å². The molecule has 4 unspecified atom stereocenters. The van der Waals surface area contributed by atoms with E-state index in [-0.39, 0.29) is 17.5 Å². The zero-order chi connectivity index (χ0) is 12.4. The predicted molar refractivity (Wildman–Crippen MR) is 67.0 cm³/mol. The van der Waals surface area contributed by atoms with E-state index in [9.17, 15) is 9.18 Å². The maximum atomic E-state index is 13.2. The lowest BCUT2D eigenvalue weighted by molar-refractivity contribution is 0.0944. The summed E-state index contributed by atoms with van der Waals surface area (Å²) in [5.74, 6) is 2.49. The molecule has 1 nitrogen and oxygen atoms in total. The Balaban J connectivity index is 1.64. The SMILES string of the molecule is O=C(c1cc(F)ccc1Cl)C1C2C3CCC(C3)C12. The number of hydrogen-bond donors (Lipinski definition) is 0. The van der Waals surface area contributed by atoms with Gasteiger partial charge >= 0.3 is 0 Å². The molecular weight excluding hydrogens is 251 g/mol. The van der Waals surface area contributed by atoms with Gasteiger partial charge in [0, 0.05) is 11.5 Å². The molecular formula is C15H14ClFO. The van der Waals surface area contributed by atoms with Crippen LogP contribution in [0.25, 0.3) is 0 Å². The van der Waals surface area contributed by atoms with Gasteiger partial charge in [0.25, 0.3) is 0 Å². The Bertz CT molecular complexity index is 525. The molecule has 18 heavy (non-hydrogen) atoms. The summed E-state index contributed by atoms with van der Waals surface area (Å²) in [5, 5.41) is 0.388. The van der Waals surface area contributed by atoms with Crippen molar-refractivity contribution in [3.63, 3.8) is 0 Å². The second-order valence-electron chi connectivity index (χ2n) is 6.00. The average Bonchev–Trinajstić information content (AvgIpc) is 2.79. The summed E-state index contributed by atoms with van der Waals surface area (Å²) in [6.07, 6.45) is 3.88. The first-order valence-electron chi connectivity index (χ1n) is 6.66. The first-order valence-corrected chi connectivity index (χ1v) is 7.04. The maximum Gasteiger partial charge on any atom is 0.168 e. The van der Waals surface area contributed by atoms with Gasteiger partial charge < -0.3 is 0 Å². The average molecular weight is 265 g/mol. The molecule has 94 valence electrons. The molecule has 0 N–H and O–H groups in total. The molecule has 0 spiro atoms. The van der Waals surface area contributed by atoms with Crippen LogP contribution in [0.15, 0.2) is 18.2 Å². The van der Waals surface area contributed by atoms with Crippen molar-refractivity contribution < 1.29 is 9.18 Å². The number of benzene rings is 1. The Morgan fingerprint density at radius 2 is 1.89 bits per heavy atom. The van der Waals surface area contributed by atoms with Crippen LogP contribution in [0.4, 0.5) is 4.39 Å². The van der Waals surface area contributed by atoms with E-state index in [2.05, 4.69) is 0 Å². The second kappa shape index (κ2) is 3.57. The Morgan fingerprint density at radius 3 is 2.56 bits per heavy atom. The van der Waals surface area contributed by atoms with Crippen LogP contribution in [-0.4, -0.2) is 5.78 Å². The van der Waals surface area contributed by atoms with E-state index in [0.29, 0.717) is 22.4 Å². The Kier molecular flexibility index (Phi) is 2.18. The molecule has 4 atom stereocenters. The predicted octanol–water partition coefficient (Wildman–Crippen LogP) is 3.95. The van der Waals surface area contributed by atoms with Crippen molar-refractivity contribution in [3.8, 4) is 0 Å². The van der Waals surface area contributed by atoms with E-state index in [1.54, 1.807) is 0 Å². The van der Waals surface area contributed by atoms with Gasteiger partial charge in [0.1, 0.15) is 5.82 Å². The van der Waals surface area contributed by atoms with Gasteiger partial charge in [-0.2, -0.15) is 0 Å². The van der Waals surface area contributed by atoms with Gasteiger partial charge in [-0.05, 0) is 61.1 Å². The van der Waals surface area contributed by atoms with E-state index in [0.717, 1.165) is 11.8 Å². The lowest BCUT2D eigenvalue weighted by atomic mass is 9.96. The first kappa shape index (κ1) is 11.0. The summed E-state index contributed by atoms with van der Waals surface area (Å²) in [4.78, 5) is 12.5. The third-order valence-corrected chi connectivity index (χ3v) is 5.56. The zero-order valence-electron chi connectivity index (χ0n) is 9.90. The van der Waals surface area contributed by atoms with Crippen LogP contribution in [0, 0.1) is 35.4 Å². The normalized spacial score (nSPS) is 39.8. The molecule has 0 heterocycles. The first-order chi connectivity index (χ1) is 8.66. The van der Waals surface area contributed by atoms with Gasteiger partial charge in [-0.1, -0.05) is 11.6 Å². The van der Waals surface area contributed by atoms with Crippen molar-refractivity contribution in [2.75, 3.05) is 0 Å². The number of ketones is 1. The van der Waals surface area contributed by atoms with E-state index >= 15 is 0 Å². The highest BCUT2D eigenvalue weighted by Gasteiger charge is 2.67. The largest absolute Gasteiger partial charge is 0.294 e. The molecule has 0 aromatic heterocycles. The van der Waals surface area contributed by atoms with Crippen molar-refractivity contribution in [1.29, 1.82) is 0 Å². The maximum absolute atomic E-state index is 13.2. The van der Waals surface area contributed by atoms with Crippen LogP contribution < -0.4 is 0 Å².